The maximum Gasteiger partial charge on any atom is 0.223 e. The number of halogens is 1. The van der Waals surface area contributed by atoms with E-state index in [9.17, 15) is 4.79 Å². The van der Waals surface area contributed by atoms with Gasteiger partial charge in [-0.1, -0.05) is 17.7 Å². The molecule has 5 rings (SSSR count). The monoisotopic (exact) mass is 466 g/mol. The highest BCUT2D eigenvalue weighted by Crippen LogP contribution is 2.33. The van der Waals surface area contributed by atoms with Crippen LogP contribution in [0.4, 0.5) is 5.95 Å². The SMILES string of the molecule is Cc1cc(C)cc(-n2c(N3CCC(C(=O)N[C@@H]4CCOC4)CC3)nc3cc(C)c(Cl)cc32)c1. The number of fused-ring (bicyclic) bond motifs is 1. The molecular formula is C26H31ClN4O2. The zero-order valence-electron chi connectivity index (χ0n) is 19.5. The maximum absolute atomic E-state index is 12.8. The van der Waals surface area contributed by atoms with Crippen LogP contribution in [0.2, 0.25) is 5.02 Å². The lowest BCUT2D eigenvalue weighted by molar-refractivity contribution is -0.126. The molecule has 2 saturated heterocycles. The number of imidazole rings is 1. The summed E-state index contributed by atoms with van der Waals surface area (Å²) < 4.78 is 7.61. The minimum atomic E-state index is 0.0394. The van der Waals surface area contributed by atoms with Crippen molar-refractivity contribution in [3.8, 4) is 5.69 Å². The first kappa shape index (κ1) is 22.2. The predicted octanol–water partition coefficient (Wildman–Crippen LogP) is 4.73. The average molecular weight is 467 g/mol. The van der Waals surface area contributed by atoms with E-state index < -0.39 is 0 Å². The Bertz CT molecular complexity index is 1170. The normalized spacial score (nSPS) is 19.4. The molecule has 2 fully saturated rings. The van der Waals surface area contributed by atoms with Gasteiger partial charge < -0.3 is 15.0 Å². The summed E-state index contributed by atoms with van der Waals surface area (Å²) in [7, 11) is 0. The minimum absolute atomic E-state index is 0.0394. The standard InChI is InChI=1S/C26H31ClN4O2/c1-16-10-17(2)12-21(11-16)31-24-14-22(27)18(3)13-23(24)29-26(31)30-7-4-19(5-8-30)25(32)28-20-6-9-33-15-20/h10-14,19-20H,4-9,15H2,1-3H3,(H,28,32)/t20-/m1/s1. The third-order valence-corrected chi connectivity index (χ3v) is 7.21. The molecule has 2 aliphatic heterocycles. The number of hydrogen-bond donors (Lipinski definition) is 1. The molecular weight excluding hydrogens is 436 g/mol. The van der Waals surface area contributed by atoms with E-state index in [2.05, 4.69) is 52.9 Å². The summed E-state index contributed by atoms with van der Waals surface area (Å²) in [4.78, 5) is 20.1. The molecule has 3 heterocycles. The van der Waals surface area contributed by atoms with E-state index in [1.165, 1.54) is 11.1 Å². The average Bonchev–Trinajstić information content (AvgIpc) is 3.41. The van der Waals surface area contributed by atoms with Crippen LogP contribution in [0, 0.1) is 26.7 Å². The van der Waals surface area contributed by atoms with Gasteiger partial charge in [-0.25, -0.2) is 4.98 Å². The molecule has 2 aliphatic rings. The number of carbonyl (C=O) groups is 1. The van der Waals surface area contributed by atoms with E-state index in [0.717, 1.165) is 72.2 Å². The predicted molar refractivity (Wildman–Crippen MR) is 133 cm³/mol. The number of benzene rings is 2. The van der Waals surface area contributed by atoms with Crippen molar-refractivity contribution < 1.29 is 9.53 Å². The minimum Gasteiger partial charge on any atom is -0.379 e. The second kappa shape index (κ2) is 8.99. The second-order valence-electron chi connectivity index (χ2n) is 9.51. The summed E-state index contributed by atoms with van der Waals surface area (Å²) in [6, 6.07) is 10.8. The Labute approximate surface area is 199 Å². The number of hydrogen-bond acceptors (Lipinski definition) is 4. The van der Waals surface area contributed by atoms with Gasteiger partial charge in [0, 0.05) is 36.3 Å². The number of ether oxygens (including phenoxy) is 1. The molecule has 0 unspecified atom stereocenters. The fourth-order valence-corrected chi connectivity index (χ4v) is 5.20. The number of carbonyl (C=O) groups excluding carboxylic acids is 1. The molecule has 0 radical (unpaired) electrons. The zero-order chi connectivity index (χ0) is 23.1. The van der Waals surface area contributed by atoms with E-state index in [4.69, 9.17) is 21.3 Å². The Balaban J connectivity index is 1.45. The molecule has 3 aromatic rings. The summed E-state index contributed by atoms with van der Waals surface area (Å²) in [5.74, 6) is 1.12. The maximum atomic E-state index is 12.8. The number of aryl methyl sites for hydroxylation is 3. The van der Waals surface area contributed by atoms with Gasteiger partial charge in [0.1, 0.15) is 0 Å². The van der Waals surface area contributed by atoms with Crippen molar-refractivity contribution in [1.82, 2.24) is 14.9 Å². The molecule has 0 aliphatic carbocycles. The fraction of sp³-hybridized carbons (Fsp3) is 0.462. The zero-order valence-corrected chi connectivity index (χ0v) is 20.3. The van der Waals surface area contributed by atoms with Crippen LogP contribution in [0.15, 0.2) is 30.3 Å². The lowest BCUT2D eigenvalue weighted by atomic mass is 9.95. The van der Waals surface area contributed by atoms with Crippen molar-refractivity contribution in [3.63, 3.8) is 0 Å². The number of piperidine rings is 1. The summed E-state index contributed by atoms with van der Waals surface area (Å²) in [5.41, 5.74) is 6.47. The third kappa shape index (κ3) is 4.46. The van der Waals surface area contributed by atoms with Gasteiger partial charge in [0.05, 0.1) is 23.7 Å². The van der Waals surface area contributed by atoms with Crippen LogP contribution in [0.5, 0.6) is 0 Å². The van der Waals surface area contributed by atoms with Crippen LogP contribution in [0.3, 0.4) is 0 Å². The van der Waals surface area contributed by atoms with Crippen molar-refractivity contribution in [1.29, 1.82) is 0 Å². The first-order chi connectivity index (χ1) is 15.9. The van der Waals surface area contributed by atoms with Crippen LogP contribution in [-0.2, 0) is 9.53 Å². The van der Waals surface area contributed by atoms with Gasteiger partial charge in [0.25, 0.3) is 0 Å². The van der Waals surface area contributed by atoms with Crippen LogP contribution in [0.1, 0.15) is 36.0 Å². The number of amides is 1. The van der Waals surface area contributed by atoms with E-state index in [-0.39, 0.29) is 17.9 Å². The van der Waals surface area contributed by atoms with Gasteiger partial charge >= 0.3 is 0 Å². The molecule has 0 saturated carbocycles. The highest BCUT2D eigenvalue weighted by Gasteiger charge is 2.30. The molecule has 0 spiro atoms. The van der Waals surface area contributed by atoms with Gasteiger partial charge in [0.15, 0.2) is 0 Å². The molecule has 0 bridgehead atoms. The van der Waals surface area contributed by atoms with Crippen LogP contribution in [-0.4, -0.2) is 47.8 Å². The Morgan fingerprint density at radius 2 is 1.79 bits per heavy atom. The first-order valence-electron chi connectivity index (χ1n) is 11.8. The van der Waals surface area contributed by atoms with E-state index in [1.54, 1.807) is 0 Å². The first-order valence-corrected chi connectivity index (χ1v) is 12.2. The third-order valence-electron chi connectivity index (χ3n) is 6.81. The Morgan fingerprint density at radius 3 is 2.45 bits per heavy atom. The van der Waals surface area contributed by atoms with Crippen molar-refractivity contribution in [2.24, 2.45) is 5.92 Å². The van der Waals surface area contributed by atoms with E-state index in [1.807, 2.05) is 13.0 Å². The number of anilines is 1. The highest BCUT2D eigenvalue weighted by atomic mass is 35.5. The number of nitrogens with one attached hydrogen (secondary N) is 1. The Hall–Kier alpha value is -2.57. The molecule has 6 nitrogen and oxygen atoms in total. The number of aromatic nitrogens is 2. The Morgan fingerprint density at radius 1 is 1.06 bits per heavy atom. The van der Waals surface area contributed by atoms with E-state index in [0.29, 0.717) is 6.61 Å². The molecule has 1 aromatic heterocycles. The van der Waals surface area contributed by atoms with Crippen LogP contribution < -0.4 is 10.2 Å². The molecule has 1 N–H and O–H groups in total. The molecule has 1 atom stereocenters. The lowest BCUT2D eigenvalue weighted by Gasteiger charge is -2.33. The quantitative estimate of drug-likeness (QED) is 0.604. The van der Waals surface area contributed by atoms with Crippen LogP contribution >= 0.6 is 11.6 Å². The van der Waals surface area contributed by atoms with Gasteiger partial charge in [-0.3, -0.25) is 9.36 Å². The topological polar surface area (TPSA) is 59.4 Å². The Kier molecular flexibility index (Phi) is 6.06. The molecule has 7 heteroatoms. The number of nitrogens with zero attached hydrogens (tertiary/aromatic N) is 3. The fourth-order valence-electron chi connectivity index (χ4n) is 5.05. The van der Waals surface area contributed by atoms with Gasteiger partial charge in [-0.2, -0.15) is 0 Å². The highest BCUT2D eigenvalue weighted by molar-refractivity contribution is 6.32. The van der Waals surface area contributed by atoms with Gasteiger partial charge in [0.2, 0.25) is 11.9 Å². The van der Waals surface area contributed by atoms with Crippen molar-refractivity contribution in [2.75, 3.05) is 31.2 Å². The van der Waals surface area contributed by atoms with Crippen molar-refractivity contribution >= 4 is 34.5 Å². The van der Waals surface area contributed by atoms with Crippen molar-refractivity contribution in [2.45, 2.75) is 46.1 Å². The molecule has 2 aromatic carbocycles. The molecule has 33 heavy (non-hydrogen) atoms. The largest absolute Gasteiger partial charge is 0.379 e. The summed E-state index contributed by atoms with van der Waals surface area (Å²) in [6.45, 7) is 9.20. The van der Waals surface area contributed by atoms with Crippen molar-refractivity contribution in [3.05, 3.63) is 52.0 Å². The van der Waals surface area contributed by atoms with E-state index >= 15 is 0 Å². The van der Waals surface area contributed by atoms with Crippen LogP contribution in [0.25, 0.3) is 16.7 Å². The smallest absolute Gasteiger partial charge is 0.223 e. The van der Waals surface area contributed by atoms with Gasteiger partial charge in [-0.05, 0) is 81.0 Å². The summed E-state index contributed by atoms with van der Waals surface area (Å²) >= 11 is 6.52. The summed E-state index contributed by atoms with van der Waals surface area (Å²) in [6.07, 6.45) is 2.54. The second-order valence-corrected chi connectivity index (χ2v) is 9.92. The van der Waals surface area contributed by atoms with Gasteiger partial charge in [-0.15, -0.1) is 0 Å². The molecule has 1 amide bonds. The molecule has 174 valence electrons. The number of rotatable bonds is 4. The summed E-state index contributed by atoms with van der Waals surface area (Å²) in [5, 5.41) is 3.91. The lowest BCUT2D eigenvalue weighted by Crippen LogP contribution is -2.44.